The number of allylic oxidation sites excluding steroid dienone is 2. The standard InChI is InChI=1S/C9H13BrO2/c1-11-8-4-3-5-9(6-8,7-10)12-2/h3-5H,6-7H2,1-2H3. The van der Waals surface area contributed by atoms with Crippen LogP contribution in [0.4, 0.5) is 0 Å². The van der Waals surface area contributed by atoms with Crippen molar-refractivity contribution in [1.29, 1.82) is 0 Å². The van der Waals surface area contributed by atoms with E-state index in [9.17, 15) is 0 Å². The van der Waals surface area contributed by atoms with E-state index in [1.54, 1.807) is 14.2 Å². The summed E-state index contributed by atoms with van der Waals surface area (Å²) in [6.45, 7) is 0. The SMILES string of the molecule is COC1=CC=CC(CBr)(OC)C1. The van der Waals surface area contributed by atoms with E-state index < -0.39 is 0 Å². The summed E-state index contributed by atoms with van der Waals surface area (Å²) in [5, 5.41) is 0.785. The molecule has 1 aliphatic carbocycles. The molecule has 0 bridgehead atoms. The molecule has 0 aromatic heterocycles. The van der Waals surface area contributed by atoms with Crippen LogP contribution >= 0.6 is 15.9 Å². The van der Waals surface area contributed by atoms with Crippen LogP contribution in [-0.4, -0.2) is 25.2 Å². The molecule has 0 aliphatic heterocycles. The van der Waals surface area contributed by atoms with E-state index in [4.69, 9.17) is 9.47 Å². The lowest BCUT2D eigenvalue weighted by Gasteiger charge is -2.29. The van der Waals surface area contributed by atoms with Crippen molar-refractivity contribution in [2.45, 2.75) is 12.0 Å². The van der Waals surface area contributed by atoms with Gasteiger partial charge in [0.15, 0.2) is 0 Å². The average Bonchev–Trinajstić information content (AvgIpc) is 2.18. The first-order chi connectivity index (χ1) is 5.76. The number of alkyl halides is 1. The number of methoxy groups -OCH3 is 2. The van der Waals surface area contributed by atoms with E-state index in [2.05, 4.69) is 15.9 Å². The van der Waals surface area contributed by atoms with Crippen LogP contribution in [0.3, 0.4) is 0 Å². The Morgan fingerprint density at radius 3 is 2.83 bits per heavy atom. The van der Waals surface area contributed by atoms with Crippen molar-refractivity contribution in [1.82, 2.24) is 0 Å². The maximum atomic E-state index is 5.41. The Kier molecular flexibility index (Phi) is 3.35. The fourth-order valence-corrected chi connectivity index (χ4v) is 1.78. The van der Waals surface area contributed by atoms with Gasteiger partial charge in [-0.05, 0) is 6.08 Å². The van der Waals surface area contributed by atoms with Crippen molar-refractivity contribution in [3.8, 4) is 0 Å². The van der Waals surface area contributed by atoms with Crippen LogP contribution in [0, 0.1) is 0 Å². The summed E-state index contributed by atoms with van der Waals surface area (Å²) in [5.74, 6) is 0.957. The molecule has 0 aromatic carbocycles. The monoisotopic (exact) mass is 232 g/mol. The highest BCUT2D eigenvalue weighted by Crippen LogP contribution is 2.28. The molecule has 0 N–H and O–H groups in total. The van der Waals surface area contributed by atoms with E-state index >= 15 is 0 Å². The summed E-state index contributed by atoms with van der Waals surface area (Å²) in [4.78, 5) is 0. The molecule has 12 heavy (non-hydrogen) atoms. The van der Waals surface area contributed by atoms with Crippen molar-refractivity contribution < 1.29 is 9.47 Å². The Morgan fingerprint density at radius 2 is 2.33 bits per heavy atom. The van der Waals surface area contributed by atoms with E-state index in [1.807, 2.05) is 18.2 Å². The smallest absolute Gasteiger partial charge is 0.103 e. The molecule has 3 heteroatoms. The molecule has 2 nitrogen and oxygen atoms in total. The predicted octanol–water partition coefficient (Wildman–Crippen LogP) is 2.26. The fraction of sp³-hybridized carbons (Fsp3) is 0.556. The highest BCUT2D eigenvalue weighted by Gasteiger charge is 2.28. The minimum Gasteiger partial charge on any atom is -0.501 e. The van der Waals surface area contributed by atoms with Gasteiger partial charge < -0.3 is 9.47 Å². The van der Waals surface area contributed by atoms with E-state index in [0.717, 1.165) is 17.5 Å². The second-order valence-electron chi connectivity index (χ2n) is 2.78. The summed E-state index contributed by atoms with van der Waals surface area (Å²) in [5.41, 5.74) is -0.222. The highest BCUT2D eigenvalue weighted by atomic mass is 79.9. The molecule has 1 unspecified atom stereocenters. The molecule has 0 heterocycles. The Bertz CT molecular complexity index is 205. The van der Waals surface area contributed by atoms with Crippen molar-refractivity contribution in [2.75, 3.05) is 19.5 Å². The van der Waals surface area contributed by atoms with E-state index in [0.29, 0.717) is 0 Å². The van der Waals surface area contributed by atoms with Gasteiger partial charge in [-0.3, -0.25) is 0 Å². The summed E-state index contributed by atoms with van der Waals surface area (Å²) in [6.07, 6.45) is 6.76. The van der Waals surface area contributed by atoms with Gasteiger partial charge in [-0.1, -0.05) is 28.1 Å². The number of hydrogen-bond acceptors (Lipinski definition) is 2. The predicted molar refractivity (Wildman–Crippen MR) is 52.4 cm³/mol. The first-order valence-corrected chi connectivity index (χ1v) is 4.92. The van der Waals surface area contributed by atoms with Gasteiger partial charge in [-0.2, -0.15) is 0 Å². The molecule has 0 amide bonds. The van der Waals surface area contributed by atoms with Gasteiger partial charge in [0.1, 0.15) is 5.60 Å². The summed E-state index contributed by atoms with van der Waals surface area (Å²) in [6, 6.07) is 0. The van der Waals surface area contributed by atoms with Gasteiger partial charge in [0.2, 0.25) is 0 Å². The Hall–Kier alpha value is -0.280. The Morgan fingerprint density at radius 1 is 1.58 bits per heavy atom. The molecule has 68 valence electrons. The van der Waals surface area contributed by atoms with Gasteiger partial charge in [0.25, 0.3) is 0 Å². The van der Waals surface area contributed by atoms with Crippen LogP contribution in [-0.2, 0) is 9.47 Å². The van der Waals surface area contributed by atoms with E-state index in [-0.39, 0.29) is 5.60 Å². The normalized spacial score (nSPS) is 28.4. The molecule has 0 fully saturated rings. The third-order valence-corrected chi connectivity index (χ3v) is 3.00. The van der Waals surface area contributed by atoms with Crippen LogP contribution in [0.5, 0.6) is 0 Å². The Balaban J connectivity index is 2.73. The zero-order valence-corrected chi connectivity index (χ0v) is 8.93. The Labute approximate surface area is 81.4 Å². The molecule has 1 aliphatic rings. The fourth-order valence-electron chi connectivity index (χ4n) is 1.17. The van der Waals surface area contributed by atoms with Crippen molar-refractivity contribution in [2.24, 2.45) is 0 Å². The number of halogens is 1. The van der Waals surface area contributed by atoms with Gasteiger partial charge >= 0.3 is 0 Å². The molecule has 0 saturated heterocycles. The molecule has 1 atom stereocenters. The van der Waals surface area contributed by atoms with Crippen LogP contribution in [0.2, 0.25) is 0 Å². The van der Waals surface area contributed by atoms with Gasteiger partial charge in [0, 0.05) is 18.9 Å². The lowest BCUT2D eigenvalue weighted by atomic mass is 9.96. The average molecular weight is 233 g/mol. The number of hydrogen-bond donors (Lipinski definition) is 0. The molecular weight excluding hydrogens is 220 g/mol. The van der Waals surface area contributed by atoms with Gasteiger partial charge in [0.05, 0.1) is 12.9 Å². The van der Waals surface area contributed by atoms with Gasteiger partial charge in [-0.15, -0.1) is 0 Å². The molecular formula is C9H13BrO2. The molecule has 0 aromatic rings. The maximum Gasteiger partial charge on any atom is 0.103 e. The largest absolute Gasteiger partial charge is 0.501 e. The van der Waals surface area contributed by atoms with Crippen LogP contribution in [0.25, 0.3) is 0 Å². The van der Waals surface area contributed by atoms with Crippen molar-refractivity contribution >= 4 is 15.9 Å². The third kappa shape index (κ3) is 1.90. The number of rotatable bonds is 3. The minimum atomic E-state index is -0.222. The quantitative estimate of drug-likeness (QED) is 0.696. The maximum absolute atomic E-state index is 5.41. The molecule has 0 saturated carbocycles. The van der Waals surface area contributed by atoms with Crippen LogP contribution in [0.1, 0.15) is 6.42 Å². The topological polar surface area (TPSA) is 18.5 Å². The van der Waals surface area contributed by atoms with Gasteiger partial charge in [-0.25, -0.2) is 0 Å². The molecule has 0 radical (unpaired) electrons. The lowest BCUT2D eigenvalue weighted by molar-refractivity contribution is 0.0405. The highest BCUT2D eigenvalue weighted by molar-refractivity contribution is 9.09. The summed E-state index contributed by atoms with van der Waals surface area (Å²) in [7, 11) is 3.39. The van der Waals surface area contributed by atoms with Crippen molar-refractivity contribution in [3.05, 3.63) is 24.0 Å². The second-order valence-corrected chi connectivity index (χ2v) is 3.34. The first-order valence-electron chi connectivity index (χ1n) is 3.80. The number of ether oxygens (including phenoxy) is 2. The molecule has 1 rings (SSSR count). The van der Waals surface area contributed by atoms with Crippen LogP contribution in [0.15, 0.2) is 24.0 Å². The molecule has 0 spiro atoms. The zero-order chi connectivity index (χ0) is 9.03. The van der Waals surface area contributed by atoms with E-state index in [1.165, 1.54) is 0 Å². The van der Waals surface area contributed by atoms with Crippen LogP contribution < -0.4 is 0 Å². The first kappa shape index (κ1) is 9.81. The third-order valence-electron chi connectivity index (χ3n) is 2.05. The lowest BCUT2D eigenvalue weighted by Crippen LogP contribution is -2.33. The van der Waals surface area contributed by atoms with Crippen molar-refractivity contribution in [3.63, 3.8) is 0 Å². The summed E-state index contributed by atoms with van der Waals surface area (Å²) < 4.78 is 10.6. The summed E-state index contributed by atoms with van der Waals surface area (Å²) >= 11 is 3.43. The second kappa shape index (κ2) is 4.10. The zero-order valence-electron chi connectivity index (χ0n) is 7.34. The minimum absolute atomic E-state index is 0.222.